The SMILES string of the molecule is CCN1CCN(C(=O)c2ccc(S(=O)(=O)Nc3cccc(C#N)c3)cc2)CC1. The summed E-state index contributed by atoms with van der Waals surface area (Å²) in [5.74, 6) is -0.0885. The van der Waals surface area contributed by atoms with Crippen LogP contribution in [-0.2, 0) is 10.0 Å². The third-order valence-electron chi connectivity index (χ3n) is 4.76. The quantitative estimate of drug-likeness (QED) is 0.833. The molecule has 146 valence electrons. The minimum absolute atomic E-state index is 0.0576. The fourth-order valence-corrected chi connectivity index (χ4v) is 4.14. The van der Waals surface area contributed by atoms with E-state index in [0.717, 1.165) is 19.6 Å². The number of nitrogens with one attached hydrogen (secondary N) is 1. The van der Waals surface area contributed by atoms with Gasteiger partial charge in [0, 0.05) is 31.7 Å². The number of benzene rings is 2. The number of likely N-dealkylation sites (N-methyl/N-ethyl adjacent to an activating group) is 1. The predicted octanol–water partition coefficient (Wildman–Crippen LogP) is 2.14. The zero-order valence-electron chi connectivity index (χ0n) is 15.6. The van der Waals surface area contributed by atoms with Gasteiger partial charge in [-0.05, 0) is 49.0 Å². The summed E-state index contributed by atoms with van der Waals surface area (Å²) in [6.07, 6.45) is 0. The van der Waals surface area contributed by atoms with Crippen molar-refractivity contribution in [2.45, 2.75) is 11.8 Å². The summed E-state index contributed by atoms with van der Waals surface area (Å²) in [6, 6.07) is 14.1. The smallest absolute Gasteiger partial charge is 0.261 e. The van der Waals surface area contributed by atoms with E-state index in [-0.39, 0.29) is 10.8 Å². The largest absolute Gasteiger partial charge is 0.336 e. The zero-order chi connectivity index (χ0) is 20.1. The van der Waals surface area contributed by atoms with Crippen molar-refractivity contribution in [3.63, 3.8) is 0 Å². The summed E-state index contributed by atoms with van der Waals surface area (Å²) in [5, 5.41) is 8.93. The van der Waals surface area contributed by atoms with Crippen LogP contribution in [0.4, 0.5) is 5.69 Å². The van der Waals surface area contributed by atoms with E-state index in [1.807, 2.05) is 6.07 Å². The lowest BCUT2D eigenvalue weighted by atomic mass is 10.2. The highest BCUT2D eigenvalue weighted by Gasteiger charge is 2.22. The van der Waals surface area contributed by atoms with E-state index < -0.39 is 10.0 Å². The number of amides is 1. The molecule has 8 heteroatoms. The normalized spacial score (nSPS) is 15.1. The highest BCUT2D eigenvalue weighted by molar-refractivity contribution is 7.92. The standard InChI is InChI=1S/C20H22N4O3S/c1-2-23-10-12-24(13-11-23)20(25)17-6-8-19(9-7-17)28(26,27)22-18-5-3-4-16(14-18)15-21/h3-9,14,22H,2,10-13H2,1H3. The molecule has 1 saturated heterocycles. The number of nitriles is 1. The Morgan fingerprint density at radius 2 is 1.79 bits per heavy atom. The van der Waals surface area contributed by atoms with Crippen molar-refractivity contribution in [2.75, 3.05) is 37.4 Å². The molecule has 0 saturated carbocycles. The summed E-state index contributed by atoms with van der Waals surface area (Å²) in [6.45, 7) is 6.11. The predicted molar refractivity (Wildman–Crippen MR) is 106 cm³/mol. The van der Waals surface area contributed by atoms with Crippen molar-refractivity contribution in [2.24, 2.45) is 0 Å². The second kappa shape index (κ2) is 8.42. The van der Waals surface area contributed by atoms with Gasteiger partial charge in [-0.25, -0.2) is 8.42 Å². The fourth-order valence-electron chi connectivity index (χ4n) is 3.09. The lowest BCUT2D eigenvalue weighted by molar-refractivity contribution is 0.0643. The maximum atomic E-state index is 12.6. The molecule has 2 aromatic carbocycles. The van der Waals surface area contributed by atoms with Crippen LogP contribution in [0.2, 0.25) is 0 Å². The third-order valence-corrected chi connectivity index (χ3v) is 6.16. The molecule has 0 atom stereocenters. The van der Waals surface area contributed by atoms with Crippen molar-refractivity contribution < 1.29 is 13.2 Å². The molecule has 28 heavy (non-hydrogen) atoms. The van der Waals surface area contributed by atoms with Gasteiger partial charge in [-0.1, -0.05) is 13.0 Å². The van der Waals surface area contributed by atoms with E-state index in [1.165, 1.54) is 30.3 Å². The minimum atomic E-state index is -3.81. The molecule has 1 fully saturated rings. The van der Waals surface area contributed by atoms with Crippen LogP contribution in [-0.4, -0.2) is 56.8 Å². The van der Waals surface area contributed by atoms with Gasteiger partial charge in [0.15, 0.2) is 0 Å². The number of hydrogen-bond donors (Lipinski definition) is 1. The Bertz CT molecular complexity index is 989. The molecular formula is C20H22N4O3S. The highest BCUT2D eigenvalue weighted by Crippen LogP contribution is 2.18. The summed E-state index contributed by atoms with van der Waals surface area (Å²) < 4.78 is 27.6. The average molecular weight is 398 g/mol. The number of anilines is 1. The second-order valence-corrected chi connectivity index (χ2v) is 8.23. The Morgan fingerprint density at radius 3 is 2.39 bits per heavy atom. The van der Waals surface area contributed by atoms with Crippen LogP contribution in [0.5, 0.6) is 0 Å². The van der Waals surface area contributed by atoms with Gasteiger partial charge < -0.3 is 9.80 Å². The molecule has 0 unspecified atom stereocenters. The molecule has 7 nitrogen and oxygen atoms in total. The van der Waals surface area contributed by atoms with Crippen molar-refractivity contribution in [3.05, 3.63) is 59.7 Å². The third kappa shape index (κ3) is 4.50. The number of sulfonamides is 1. The first-order valence-corrected chi connectivity index (χ1v) is 10.6. The molecule has 0 aromatic heterocycles. The van der Waals surface area contributed by atoms with Gasteiger partial charge in [0.2, 0.25) is 0 Å². The molecule has 1 heterocycles. The van der Waals surface area contributed by atoms with Crippen LogP contribution < -0.4 is 4.72 Å². The number of rotatable bonds is 5. The Balaban J connectivity index is 1.71. The first-order chi connectivity index (χ1) is 13.4. The molecule has 1 aliphatic rings. The van der Waals surface area contributed by atoms with E-state index in [9.17, 15) is 13.2 Å². The lowest BCUT2D eigenvalue weighted by Crippen LogP contribution is -2.48. The fraction of sp³-hybridized carbons (Fsp3) is 0.300. The number of carbonyl (C=O) groups excluding carboxylic acids is 1. The van der Waals surface area contributed by atoms with E-state index in [1.54, 1.807) is 23.1 Å². The molecule has 0 bridgehead atoms. The van der Waals surface area contributed by atoms with E-state index >= 15 is 0 Å². The van der Waals surface area contributed by atoms with Gasteiger partial charge in [0.05, 0.1) is 22.2 Å². The van der Waals surface area contributed by atoms with E-state index in [2.05, 4.69) is 16.5 Å². The van der Waals surface area contributed by atoms with Gasteiger partial charge in [-0.2, -0.15) is 5.26 Å². The van der Waals surface area contributed by atoms with Crippen molar-refractivity contribution >= 4 is 21.6 Å². The van der Waals surface area contributed by atoms with Crippen LogP contribution >= 0.6 is 0 Å². The Kier molecular flexibility index (Phi) is 5.97. The van der Waals surface area contributed by atoms with Crippen molar-refractivity contribution in [3.8, 4) is 6.07 Å². The molecule has 1 aliphatic heterocycles. The Morgan fingerprint density at radius 1 is 1.11 bits per heavy atom. The highest BCUT2D eigenvalue weighted by atomic mass is 32.2. The van der Waals surface area contributed by atoms with Gasteiger partial charge in [0.1, 0.15) is 0 Å². The summed E-state index contributed by atoms with van der Waals surface area (Å²) in [4.78, 5) is 16.8. The number of piperazine rings is 1. The number of nitrogens with zero attached hydrogens (tertiary/aromatic N) is 3. The van der Waals surface area contributed by atoms with Crippen molar-refractivity contribution in [1.29, 1.82) is 5.26 Å². The first-order valence-electron chi connectivity index (χ1n) is 9.07. The van der Waals surface area contributed by atoms with Crippen LogP contribution in [0.1, 0.15) is 22.8 Å². The van der Waals surface area contributed by atoms with Crippen LogP contribution in [0.3, 0.4) is 0 Å². The second-order valence-electron chi connectivity index (χ2n) is 6.55. The van der Waals surface area contributed by atoms with Crippen LogP contribution in [0.25, 0.3) is 0 Å². The lowest BCUT2D eigenvalue weighted by Gasteiger charge is -2.34. The monoisotopic (exact) mass is 398 g/mol. The first kappa shape index (κ1) is 19.9. The number of hydrogen-bond acceptors (Lipinski definition) is 5. The van der Waals surface area contributed by atoms with Gasteiger partial charge in [-0.15, -0.1) is 0 Å². The molecule has 1 N–H and O–H groups in total. The maximum absolute atomic E-state index is 12.6. The van der Waals surface area contributed by atoms with E-state index in [4.69, 9.17) is 5.26 Å². The molecule has 0 aliphatic carbocycles. The Hall–Kier alpha value is -2.89. The molecule has 1 amide bonds. The summed E-state index contributed by atoms with van der Waals surface area (Å²) in [5.41, 5.74) is 1.15. The molecule has 0 spiro atoms. The van der Waals surface area contributed by atoms with Gasteiger partial charge in [0.25, 0.3) is 15.9 Å². The summed E-state index contributed by atoms with van der Waals surface area (Å²) in [7, 11) is -3.81. The Labute approximate surface area is 165 Å². The molecular weight excluding hydrogens is 376 g/mol. The molecule has 0 radical (unpaired) electrons. The van der Waals surface area contributed by atoms with Gasteiger partial charge in [-0.3, -0.25) is 9.52 Å². The van der Waals surface area contributed by atoms with E-state index in [0.29, 0.717) is 29.9 Å². The molecule has 3 rings (SSSR count). The van der Waals surface area contributed by atoms with Gasteiger partial charge >= 0.3 is 0 Å². The average Bonchev–Trinajstić information content (AvgIpc) is 2.73. The van der Waals surface area contributed by atoms with Crippen molar-refractivity contribution in [1.82, 2.24) is 9.80 Å². The summed E-state index contributed by atoms with van der Waals surface area (Å²) >= 11 is 0. The molecule has 2 aromatic rings. The topological polar surface area (TPSA) is 93.5 Å². The maximum Gasteiger partial charge on any atom is 0.261 e. The zero-order valence-corrected chi connectivity index (χ0v) is 16.4. The van der Waals surface area contributed by atoms with Crippen LogP contribution in [0.15, 0.2) is 53.4 Å². The number of carbonyl (C=O) groups is 1. The minimum Gasteiger partial charge on any atom is -0.336 e. The van der Waals surface area contributed by atoms with Crippen LogP contribution in [0, 0.1) is 11.3 Å².